The Balaban J connectivity index is 1.50. The summed E-state index contributed by atoms with van der Waals surface area (Å²) in [5.74, 6) is 2.64. The van der Waals surface area contributed by atoms with E-state index >= 15 is 0 Å². The summed E-state index contributed by atoms with van der Waals surface area (Å²) in [6.45, 7) is 0.691. The number of fused-ring (bicyclic) bond motifs is 1. The highest BCUT2D eigenvalue weighted by Gasteiger charge is 2.37. The zero-order chi connectivity index (χ0) is 18.8. The summed E-state index contributed by atoms with van der Waals surface area (Å²) in [7, 11) is 3.21. The number of benzene rings is 2. The summed E-state index contributed by atoms with van der Waals surface area (Å²) >= 11 is 0. The number of carbonyl (C=O) groups is 1. The van der Waals surface area contributed by atoms with Crippen LogP contribution in [-0.4, -0.2) is 33.6 Å². The summed E-state index contributed by atoms with van der Waals surface area (Å²) in [4.78, 5) is 12.3. The number of ether oxygens (including phenoxy) is 5. The predicted molar refractivity (Wildman–Crippen MR) is 97.5 cm³/mol. The Morgan fingerprint density at radius 3 is 2.44 bits per heavy atom. The van der Waals surface area contributed by atoms with Crippen molar-refractivity contribution in [1.29, 1.82) is 0 Å². The second-order valence-corrected chi connectivity index (χ2v) is 6.78. The van der Waals surface area contributed by atoms with Crippen LogP contribution in [0.3, 0.4) is 0 Å². The molecule has 0 unspecified atom stereocenters. The fraction of sp³-hybridized carbons (Fsp3) is 0.381. The van der Waals surface area contributed by atoms with E-state index in [-0.39, 0.29) is 24.6 Å². The average Bonchev–Trinajstić information content (AvgIpc) is 3.29. The van der Waals surface area contributed by atoms with Crippen molar-refractivity contribution in [1.82, 2.24) is 0 Å². The summed E-state index contributed by atoms with van der Waals surface area (Å²) in [6.07, 6.45) is 1.36. The summed E-state index contributed by atoms with van der Waals surface area (Å²) in [5, 5.41) is 0. The van der Waals surface area contributed by atoms with Gasteiger partial charge in [-0.25, -0.2) is 0 Å². The molecular weight excluding hydrogens is 348 g/mol. The molecule has 142 valence electrons. The summed E-state index contributed by atoms with van der Waals surface area (Å²) in [5.41, 5.74) is 2.13. The van der Waals surface area contributed by atoms with Crippen molar-refractivity contribution in [2.75, 3.05) is 27.6 Å². The second-order valence-electron chi connectivity index (χ2n) is 6.78. The molecule has 2 atom stereocenters. The Hall–Kier alpha value is -2.89. The molecule has 0 aromatic heterocycles. The third-order valence-corrected chi connectivity index (χ3v) is 5.15. The number of hydrogen-bond donors (Lipinski definition) is 0. The van der Waals surface area contributed by atoms with E-state index in [2.05, 4.69) is 0 Å². The molecule has 4 rings (SSSR count). The van der Waals surface area contributed by atoms with E-state index in [0.29, 0.717) is 24.5 Å². The lowest BCUT2D eigenvalue weighted by molar-refractivity contribution is -0.141. The Bertz CT molecular complexity index is 847. The van der Waals surface area contributed by atoms with Crippen LogP contribution in [0.4, 0.5) is 0 Å². The highest BCUT2D eigenvalue weighted by Crippen LogP contribution is 2.36. The normalized spacial score (nSPS) is 20.4. The molecule has 6 heteroatoms. The highest BCUT2D eigenvalue weighted by atomic mass is 16.7. The SMILES string of the molecule is COc1ccc(C[C@@H]2C(=O)OC[C@H]2Cc2ccc3c(c2)OCO3)cc1OC. The zero-order valence-corrected chi connectivity index (χ0v) is 15.4. The lowest BCUT2D eigenvalue weighted by atomic mass is 9.85. The van der Waals surface area contributed by atoms with Gasteiger partial charge in [-0.05, 0) is 48.2 Å². The minimum absolute atomic E-state index is 0.117. The number of rotatable bonds is 6. The first kappa shape index (κ1) is 17.5. The van der Waals surface area contributed by atoms with E-state index in [4.69, 9.17) is 23.7 Å². The van der Waals surface area contributed by atoms with Gasteiger partial charge in [-0.15, -0.1) is 0 Å². The zero-order valence-electron chi connectivity index (χ0n) is 15.4. The number of methoxy groups -OCH3 is 2. The smallest absolute Gasteiger partial charge is 0.309 e. The summed E-state index contributed by atoms with van der Waals surface area (Å²) < 4.78 is 26.8. The molecule has 0 bridgehead atoms. The summed E-state index contributed by atoms with van der Waals surface area (Å²) in [6, 6.07) is 11.7. The van der Waals surface area contributed by atoms with Crippen LogP contribution >= 0.6 is 0 Å². The van der Waals surface area contributed by atoms with Gasteiger partial charge in [-0.2, -0.15) is 0 Å². The van der Waals surface area contributed by atoms with E-state index < -0.39 is 0 Å². The van der Waals surface area contributed by atoms with Gasteiger partial charge in [-0.1, -0.05) is 12.1 Å². The van der Waals surface area contributed by atoms with E-state index in [1.807, 2.05) is 36.4 Å². The maximum atomic E-state index is 12.3. The van der Waals surface area contributed by atoms with Gasteiger partial charge in [0.1, 0.15) is 0 Å². The van der Waals surface area contributed by atoms with Crippen molar-refractivity contribution >= 4 is 5.97 Å². The molecule has 2 aliphatic rings. The molecule has 0 saturated carbocycles. The highest BCUT2D eigenvalue weighted by molar-refractivity contribution is 5.75. The predicted octanol–water partition coefficient (Wildman–Crippen LogP) is 3.01. The molecule has 1 saturated heterocycles. The molecule has 0 N–H and O–H groups in total. The van der Waals surface area contributed by atoms with Crippen molar-refractivity contribution in [3.05, 3.63) is 47.5 Å². The molecule has 1 fully saturated rings. The van der Waals surface area contributed by atoms with Gasteiger partial charge < -0.3 is 23.7 Å². The number of esters is 1. The van der Waals surface area contributed by atoms with Crippen LogP contribution < -0.4 is 18.9 Å². The third kappa shape index (κ3) is 3.52. The second kappa shape index (κ2) is 7.39. The van der Waals surface area contributed by atoms with E-state index in [1.165, 1.54) is 0 Å². The number of hydrogen-bond acceptors (Lipinski definition) is 6. The molecule has 0 amide bonds. The molecule has 0 radical (unpaired) electrons. The maximum absolute atomic E-state index is 12.3. The van der Waals surface area contributed by atoms with Gasteiger partial charge in [0.2, 0.25) is 6.79 Å². The maximum Gasteiger partial charge on any atom is 0.309 e. The average molecular weight is 370 g/mol. The quantitative estimate of drug-likeness (QED) is 0.729. The lowest BCUT2D eigenvalue weighted by Gasteiger charge is -2.16. The van der Waals surface area contributed by atoms with Crippen LogP contribution in [0.25, 0.3) is 0 Å². The molecule has 2 aromatic rings. The fourth-order valence-electron chi connectivity index (χ4n) is 3.69. The fourth-order valence-corrected chi connectivity index (χ4v) is 3.69. The van der Waals surface area contributed by atoms with Crippen molar-refractivity contribution in [3.8, 4) is 23.0 Å². The molecule has 6 nitrogen and oxygen atoms in total. The number of cyclic esters (lactones) is 1. The minimum Gasteiger partial charge on any atom is -0.493 e. The van der Waals surface area contributed by atoms with Gasteiger partial charge in [-0.3, -0.25) is 4.79 Å². The molecular formula is C21H22O6. The number of carbonyl (C=O) groups excluding carboxylic acids is 1. The lowest BCUT2D eigenvalue weighted by Crippen LogP contribution is -2.20. The Kier molecular flexibility index (Phi) is 4.79. The van der Waals surface area contributed by atoms with Gasteiger partial charge >= 0.3 is 5.97 Å². The van der Waals surface area contributed by atoms with Crippen molar-refractivity contribution in [2.24, 2.45) is 11.8 Å². The van der Waals surface area contributed by atoms with Gasteiger partial charge in [0, 0.05) is 5.92 Å². The van der Waals surface area contributed by atoms with Gasteiger partial charge in [0.05, 0.1) is 26.7 Å². The first-order valence-electron chi connectivity index (χ1n) is 8.94. The molecule has 2 aliphatic heterocycles. The van der Waals surface area contributed by atoms with Crippen molar-refractivity contribution in [3.63, 3.8) is 0 Å². The Morgan fingerprint density at radius 2 is 1.63 bits per heavy atom. The molecule has 2 aromatic carbocycles. The van der Waals surface area contributed by atoms with E-state index in [0.717, 1.165) is 29.0 Å². The third-order valence-electron chi connectivity index (χ3n) is 5.15. The van der Waals surface area contributed by atoms with Crippen LogP contribution in [0, 0.1) is 11.8 Å². The first-order valence-corrected chi connectivity index (χ1v) is 8.94. The Labute approximate surface area is 157 Å². The largest absolute Gasteiger partial charge is 0.493 e. The minimum atomic E-state index is -0.187. The van der Waals surface area contributed by atoms with Crippen LogP contribution in [0.15, 0.2) is 36.4 Å². The molecule has 2 heterocycles. The van der Waals surface area contributed by atoms with Gasteiger partial charge in [0.25, 0.3) is 0 Å². The van der Waals surface area contributed by atoms with Crippen LogP contribution in [0.1, 0.15) is 11.1 Å². The molecule has 0 spiro atoms. The topological polar surface area (TPSA) is 63.2 Å². The van der Waals surface area contributed by atoms with Crippen LogP contribution in [0.5, 0.6) is 23.0 Å². The monoisotopic (exact) mass is 370 g/mol. The Morgan fingerprint density at radius 1 is 0.889 bits per heavy atom. The molecule has 27 heavy (non-hydrogen) atoms. The van der Waals surface area contributed by atoms with Crippen molar-refractivity contribution in [2.45, 2.75) is 12.8 Å². The van der Waals surface area contributed by atoms with Crippen molar-refractivity contribution < 1.29 is 28.5 Å². The first-order chi connectivity index (χ1) is 13.2. The molecule has 0 aliphatic carbocycles. The van der Waals surface area contributed by atoms with E-state index in [1.54, 1.807) is 14.2 Å². The van der Waals surface area contributed by atoms with E-state index in [9.17, 15) is 4.79 Å². The van der Waals surface area contributed by atoms with Crippen LogP contribution in [-0.2, 0) is 22.4 Å². The van der Waals surface area contributed by atoms with Crippen LogP contribution in [0.2, 0.25) is 0 Å². The van der Waals surface area contributed by atoms with Gasteiger partial charge in [0.15, 0.2) is 23.0 Å². The standard InChI is InChI=1S/C21H22O6/c1-23-17-5-3-14(9-19(17)24-2)8-16-15(11-25-21(16)22)7-13-4-6-18-20(10-13)27-12-26-18/h3-6,9-10,15-16H,7-8,11-12H2,1-2H3/t15-,16+/m1/s1.